The molecule has 3 nitrogen and oxygen atoms in total. The molecule has 63 heavy (non-hydrogen) atoms. The number of aromatic nitrogens is 1. The van der Waals surface area contributed by atoms with Crippen LogP contribution in [-0.2, 0) is 0 Å². The summed E-state index contributed by atoms with van der Waals surface area (Å²) in [5, 5.41) is 2.49. The lowest BCUT2D eigenvalue weighted by molar-refractivity contribution is 0.721. The van der Waals surface area contributed by atoms with Crippen LogP contribution >= 0.6 is 0 Å². The Morgan fingerprint density at radius 3 is 1.44 bits per heavy atom. The van der Waals surface area contributed by atoms with Crippen molar-refractivity contribution in [2.45, 2.75) is 0 Å². The molecule has 0 amide bonds. The molecule has 10 aromatic carbocycles. The van der Waals surface area contributed by atoms with E-state index in [2.05, 4.69) is 264 Å². The monoisotopic (exact) mass is 804 g/mol. The standard InChI is InChI=1S/C60H42N3/c1-5-17-43(18-6-1)44-29-34-48(35-30-44)61(49-36-31-45(32-37-49)46-33-40-58-56(41-46)53-25-13-15-27-57(53)62(58)47-19-7-2-8-20-47)50-38-39-55-54-26-14-16-28-59(54)63(60(55)42-50,51-21-9-3-10-22-51)52-23-11-4-12-24-52/h1-42H/q+1. The van der Waals surface area contributed by atoms with E-state index >= 15 is 0 Å². The molecule has 0 radical (unpaired) electrons. The third-order valence-corrected chi connectivity index (χ3v) is 12.8. The summed E-state index contributed by atoms with van der Waals surface area (Å²) in [4.78, 5) is 2.41. The van der Waals surface area contributed by atoms with E-state index in [1.807, 2.05) is 0 Å². The van der Waals surface area contributed by atoms with Crippen LogP contribution in [0.15, 0.2) is 255 Å². The molecule has 12 rings (SSSR count). The number of hydrogen-bond donors (Lipinski definition) is 0. The number of fused-ring (bicyclic) bond motifs is 6. The fraction of sp³-hybridized carbons (Fsp3) is 0. The van der Waals surface area contributed by atoms with Crippen molar-refractivity contribution in [1.29, 1.82) is 0 Å². The second-order valence-corrected chi connectivity index (χ2v) is 16.3. The van der Waals surface area contributed by atoms with Crippen LogP contribution in [0.5, 0.6) is 0 Å². The zero-order chi connectivity index (χ0) is 41.7. The van der Waals surface area contributed by atoms with Gasteiger partial charge in [-0.25, -0.2) is 0 Å². The molecule has 0 atom stereocenters. The second-order valence-electron chi connectivity index (χ2n) is 16.3. The van der Waals surface area contributed by atoms with Crippen LogP contribution in [0.25, 0.3) is 60.9 Å². The summed E-state index contributed by atoms with van der Waals surface area (Å²) in [6.45, 7) is 0. The summed E-state index contributed by atoms with van der Waals surface area (Å²) in [5.41, 5.74) is 18.9. The molecular weight excluding hydrogens is 763 g/mol. The lowest BCUT2D eigenvalue weighted by Crippen LogP contribution is -2.31. The Morgan fingerprint density at radius 1 is 0.302 bits per heavy atom. The first-order chi connectivity index (χ1) is 31.3. The van der Waals surface area contributed by atoms with Crippen molar-refractivity contribution in [3.8, 4) is 39.1 Å². The molecule has 0 unspecified atom stereocenters. The van der Waals surface area contributed by atoms with Gasteiger partial charge >= 0.3 is 0 Å². The lowest BCUT2D eigenvalue weighted by atomic mass is 10.0. The predicted molar refractivity (Wildman–Crippen MR) is 265 cm³/mol. The first kappa shape index (κ1) is 36.6. The highest BCUT2D eigenvalue weighted by Crippen LogP contribution is 2.63. The Labute approximate surface area is 367 Å². The van der Waals surface area contributed by atoms with Crippen molar-refractivity contribution in [3.05, 3.63) is 255 Å². The van der Waals surface area contributed by atoms with Crippen LogP contribution in [0.3, 0.4) is 0 Å². The summed E-state index contributed by atoms with van der Waals surface area (Å²) < 4.78 is 2.86. The number of hydrogen-bond acceptors (Lipinski definition) is 1. The number of para-hydroxylation sites is 5. The van der Waals surface area contributed by atoms with Crippen LogP contribution in [0.2, 0.25) is 0 Å². The van der Waals surface area contributed by atoms with Gasteiger partial charge in [0.1, 0.15) is 11.4 Å². The van der Waals surface area contributed by atoms with E-state index in [-0.39, 0.29) is 0 Å². The molecular formula is C60H42N3+. The topological polar surface area (TPSA) is 8.17 Å². The first-order valence-corrected chi connectivity index (χ1v) is 21.7. The molecule has 3 heteroatoms. The van der Waals surface area contributed by atoms with Crippen LogP contribution in [0.1, 0.15) is 0 Å². The highest BCUT2D eigenvalue weighted by atomic mass is 15.4. The van der Waals surface area contributed by atoms with Gasteiger partial charge in [0.15, 0.2) is 11.4 Å². The van der Waals surface area contributed by atoms with E-state index in [0.717, 1.165) is 22.7 Å². The van der Waals surface area contributed by atoms with E-state index in [1.54, 1.807) is 0 Å². The highest BCUT2D eigenvalue weighted by Gasteiger charge is 2.48. The average Bonchev–Trinajstić information content (AvgIpc) is 3.86. The van der Waals surface area contributed by atoms with Crippen molar-refractivity contribution in [3.63, 3.8) is 0 Å². The predicted octanol–water partition coefficient (Wildman–Crippen LogP) is 16.9. The van der Waals surface area contributed by atoms with Gasteiger partial charge < -0.3 is 9.47 Å². The molecule has 0 saturated heterocycles. The summed E-state index contributed by atoms with van der Waals surface area (Å²) in [6, 6.07) is 92.8. The van der Waals surface area contributed by atoms with Gasteiger partial charge in [-0.05, 0) is 95.1 Å². The Hall–Kier alpha value is -8.24. The largest absolute Gasteiger partial charge is 0.310 e. The van der Waals surface area contributed by atoms with Crippen molar-refractivity contribution >= 4 is 61.6 Å². The minimum absolute atomic E-state index is 0.490. The SMILES string of the molecule is c1ccc(-c2ccc(N(c3ccc(-c4ccc5c(c4)c4ccccc4n5-c4ccccc4)cc3)c3ccc4c(c3)[N+](c3ccccc3)(c3ccccc3)c3ccccc3-4)cc2)cc1. The maximum absolute atomic E-state index is 2.42. The molecule has 1 aromatic heterocycles. The summed E-state index contributed by atoms with van der Waals surface area (Å²) in [5.74, 6) is 0. The van der Waals surface area contributed by atoms with E-state index in [4.69, 9.17) is 0 Å². The molecule has 296 valence electrons. The molecule has 2 heterocycles. The minimum Gasteiger partial charge on any atom is -0.310 e. The molecule has 0 N–H and O–H groups in total. The van der Waals surface area contributed by atoms with Crippen molar-refractivity contribution in [2.24, 2.45) is 0 Å². The molecule has 1 aliphatic rings. The van der Waals surface area contributed by atoms with E-state index in [1.165, 1.54) is 77.9 Å². The van der Waals surface area contributed by atoms with Gasteiger partial charge in [-0.15, -0.1) is 0 Å². The van der Waals surface area contributed by atoms with E-state index in [0.29, 0.717) is 4.48 Å². The zero-order valence-corrected chi connectivity index (χ0v) is 34.6. The molecule has 1 aliphatic heterocycles. The van der Waals surface area contributed by atoms with Gasteiger partial charge in [-0.3, -0.25) is 0 Å². The maximum Gasteiger partial charge on any atom is 0.158 e. The Bertz CT molecular complexity index is 3370. The number of anilines is 3. The van der Waals surface area contributed by atoms with Crippen molar-refractivity contribution < 1.29 is 0 Å². The lowest BCUT2D eigenvalue weighted by Gasteiger charge is -2.35. The number of nitrogens with zero attached hydrogens (tertiary/aromatic N) is 3. The molecule has 0 saturated carbocycles. The quantitative estimate of drug-likeness (QED) is 0.139. The van der Waals surface area contributed by atoms with Crippen LogP contribution in [0.4, 0.5) is 39.8 Å². The third-order valence-electron chi connectivity index (χ3n) is 12.8. The van der Waals surface area contributed by atoms with E-state index in [9.17, 15) is 0 Å². The van der Waals surface area contributed by atoms with Gasteiger partial charge in [0, 0.05) is 64.2 Å². The first-order valence-electron chi connectivity index (χ1n) is 21.7. The third kappa shape index (κ3) is 5.94. The van der Waals surface area contributed by atoms with Crippen LogP contribution < -0.4 is 9.38 Å². The highest BCUT2D eigenvalue weighted by molar-refractivity contribution is 6.10. The van der Waals surface area contributed by atoms with E-state index < -0.39 is 0 Å². The Kier molecular flexibility index (Phi) is 8.74. The Morgan fingerprint density at radius 2 is 0.778 bits per heavy atom. The second kappa shape index (κ2) is 15.0. The van der Waals surface area contributed by atoms with Gasteiger partial charge in [0.05, 0.1) is 27.8 Å². The zero-order valence-electron chi connectivity index (χ0n) is 34.6. The molecule has 0 bridgehead atoms. The van der Waals surface area contributed by atoms with Gasteiger partial charge in [0.25, 0.3) is 0 Å². The van der Waals surface area contributed by atoms with Crippen LogP contribution in [-0.4, -0.2) is 4.57 Å². The van der Waals surface area contributed by atoms with Gasteiger partial charge in [0.2, 0.25) is 0 Å². The van der Waals surface area contributed by atoms with Gasteiger partial charge in [-0.1, -0.05) is 146 Å². The molecule has 0 spiro atoms. The normalized spacial score (nSPS) is 12.6. The fourth-order valence-electron chi connectivity index (χ4n) is 9.99. The Balaban J connectivity index is 1.01. The molecule has 0 fully saturated rings. The summed E-state index contributed by atoms with van der Waals surface area (Å²) in [6.07, 6.45) is 0. The maximum atomic E-state index is 2.42. The molecule has 0 aliphatic carbocycles. The van der Waals surface area contributed by atoms with Crippen molar-refractivity contribution in [2.75, 3.05) is 4.90 Å². The fourth-order valence-corrected chi connectivity index (χ4v) is 9.99. The summed E-state index contributed by atoms with van der Waals surface area (Å²) >= 11 is 0. The minimum atomic E-state index is 0.490. The number of rotatable bonds is 8. The van der Waals surface area contributed by atoms with Crippen molar-refractivity contribution in [1.82, 2.24) is 9.05 Å². The number of benzene rings is 10. The number of quaternary nitrogens is 1. The smallest absolute Gasteiger partial charge is 0.158 e. The van der Waals surface area contributed by atoms with Crippen LogP contribution in [0, 0.1) is 0 Å². The summed E-state index contributed by atoms with van der Waals surface area (Å²) in [7, 11) is 0. The average molecular weight is 805 g/mol. The van der Waals surface area contributed by atoms with Gasteiger partial charge in [-0.2, -0.15) is 4.48 Å². The molecule has 11 aromatic rings.